The van der Waals surface area contributed by atoms with E-state index in [1.54, 1.807) is 0 Å². The van der Waals surface area contributed by atoms with Gasteiger partial charge in [-0.3, -0.25) is 0 Å². The van der Waals surface area contributed by atoms with Crippen LogP contribution >= 0.6 is 0 Å². The first kappa shape index (κ1) is 28.6. The lowest BCUT2D eigenvalue weighted by Gasteiger charge is -2.34. The average molecular weight is 651 g/mol. The third-order valence-corrected chi connectivity index (χ3v) is 11.9. The predicted octanol–water partition coefficient (Wildman–Crippen LogP) is 12.9. The molecule has 2 aliphatic carbocycles. The molecule has 51 heavy (non-hydrogen) atoms. The van der Waals surface area contributed by atoms with Crippen molar-refractivity contribution in [3.8, 4) is 56.0 Å². The van der Waals surface area contributed by atoms with Gasteiger partial charge in [-0.1, -0.05) is 147 Å². The largest absolute Gasteiger partial charge is 0.457 e. The van der Waals surface area contributed by atoms with E-state index in [1.165, 1.54) is 88.7 Å². The molecule has 3 aliphatic rings. The first-order valence-electron chi connectivity index (χ1n) is 17.9. The number of ether oxygens (including phenoxy) is 1. The number of fused-ring (bicyclic) bond motifs is 13. The molecule has 0 bridgehead atoms. The first-order valence-corrected chi connectivity index (χ1v) is 17.9. The van der Waals surface area contributed by atoms with Gasteiger partial charge in [0.05, 0.1) is 5.41 Å². The quantitative estimate of drug-likeness (QED) is 0.181. The Balaban J connectivity index is 1.11. The van der Waals surface area contributed by atoms with Gasteiger partial charge in [-0.25, -0.2) is 0 Å². The molecule has 0 aromatic heterocycles. The van der Waals surface area contributed by atoms with Crippen molar-refractivity contribution in [3.05, 3.63) is 203 Å². The predicted molar refractivity (Wildman–Crippen MR) is 210 cm³/mol. The molecule has 1 aliphatic heterocycles. The zero-order chi connectivity index (χ0) is 33.9. The summed E-state index contributed by atoms with van der Waals surface area (Å²) < 4.78 is 6.40. The minimum Gasteiger partial charge on any atom is -0.457 e. The Morgan fingerprint density at radius 1 is 0.353 bits per heavy atom. The van der Waals surface area contributed by atoms with Crippen molar-refractivity contribution in [2.75, 3.05) is 0 Å². The van der Waals surface area contributed by atoms with Crippen molar-refractivity contribution >= 4 is 10.8 Å². The number of rotatable bonds is 2. The highest BCUT2D eigenvalue weighted by Gasteiger charge is 2.52. The van der Waals surface area contributed by atoms with E-state index in [9.17, 15) is 0 Å². The van der Waals surface area contributed by atoms with Crippen LogP contribution in [0.3, 0.4) is 0 Å². The molecule has 1 atom stereocenters. The Labute approximate surface area is 298 Å². The van der Waals surface area contributed by atoms with Gasteiger partial charge < -0.3 is 4.74 Å². The minimum absolute atomic E-state index is 0.171. The molecule has 8 aromatic carbocycles. The second-order valence-electron chi connectivity index (χ2n) is 14.8. The van der Waals surface area contributed by atoms with Crippen LogP contribution in [-0.2, 0) is 10.8 Å². The van der Waals surface area contributed by atoms with Crippen LogP contribution < -0.4 is 4.74 Å². The summed E-state index contributed by atoms with van der Waals surface area (Å²) in [4.78, 5) is 0. The Morgan fingerprint density at radius 2 is 0.941 bits per heavy atom. The van der Waals surface area contributed by atoms with Gasteiger partial charge >= 0.3 is 0 Å². The zero-order valence-corrected chi connectivity index (χ0v) is 28.6. The van der Waals surface area contributed by atoms with Crippen LogP contribution in [0.25, 0.3) is 55.3 Å². The van der Waals surface area contributed by atoms with Crippen molar-refractivity contribution in [1.82, 2.24) is 0 Å². The molecule has 11 rings (SSSR count). The van der Waals surface area contributed by atoms with E-state index in [4.69, 9.17) is 4.74 Å². The summed E-state index contributed by atoms with van der Waals surface area (Å²) in [7, 11) is 0. The van der Waals surface area contributed by atoms with Crippen LogP contribution in [0.4, 0.5) is 0 Å². The van der Waals surface area contributed by atoms with E-state index >= 15 is 0 Å². The minimum atomic E-state index is -0.393. The summed E-state index contributed by atoms with van der Waals surface area (Å²) in [6.07, 6.45) is 0. The molecule has 1 heterocycles. The van der Waals surface area contributed by atoms with E-state index < -0.39 is 5.41 Å². The average Bonchev–Trinajstić information content (AvgIpc) is 3.64. The van der Waals surface area contributed by atoms with Gasteiger partial charge in [0.25, 0.3) is 0 Å². The van der Waals surface area contributed by atoms with Crippen LogP contribution in [0.2, 0.25) is 0 Å². The van der Waals surface area contributed by atoms with E-state index in [0.717, 1.165) is 11.5 Å². The number of hydrogen-bond donors (Lipinski definition) is 0. The van der Waals surface area contributed by atoms with E-state index in [0.29, 0.717) is 0 Å². The lowest BCUT2D eigenvalue weighted by Crippen LogP contribution is -2.25. The van der Waals surface area contributed by atoms with Crippen molar-refractivity contribution in [2.24, 2.45) is 0 Å². The molecular formula is C50H34O. The van der Waals surface area contributed by atoms with Crippen LogP contribution in [-0.4, -0.2) is 0 Å². The highest BCUT2D eigenvalue weighted by atomic mass is 16.5. The second-order valence-corrected chi connectivity index (χ2v) is 14.8. The number of benzene rings is 8. The van der Waals surface area contributed by atoms with Gasteiger partial charge in [-0.15, -0.1) is 0 Å². The molecule has 8 aromatic rings. The molecule has 240 valence electrons. The normalized spacial score (nSPS) is 16.8. The Kier molecular flexibility index (Phi) is 5.72. The summed E-state index contributed by atoms with van der Waals surface area (Å²) in [5.74, 6) is 1.88. The maximum atomic E-state index is 6.40. The van der Waals surface area contributed by atoms with Crippen molar-refractivity contribution in [1.29, 1.82) is 0 Å². The molecular weight excluding hydrogens is 617 g/mol. The Hall–Kier alpha value is -6.18. The third-order valence-electron chi connectivity index (χ3n) is 11.9. The highest BCUT2D eigenvalue weighted by Crippen LogP contribution is 2.64. The molecule has 0 amide bonds. The molecule has 0 saturated heterocycles. The Bertz CT molecular complexity index is 2770. The zero-order valence-electron chi connectivity index (χ0n) is 28.6. The molecule has 0 N–H and O–H groups in total. The molecule has 0 radical (unpaired) electrons. The van der Waals surface area contributed by atoms with Gasteiger partial charge in [-0.05, 0) is 114 Å². The topological polar surface area (TPSA) is 9.23 Å². The van der Waals surface area contributed by atoms with E-state index in [2.05, 4.69) is 178 Å². The van der Waals surface area contributed by atoms with Crippen LogP contribution in [0.5, 0.6) is 11.5 Å². The SMILES string of the molecule is CC1(C)c2ccccc2Oc2ccc(-c3cccc(-c4cccc5c4-c4ccccc4C54c5ccccc5-c5cc6ccccc6cc54)c3)cc21. The van der Waals surface area contributed by atoms with Crippen LogP contribution in [0.15, 0.2) is 170 Å². The van der Waals surface area contributed by atoms with Crippen LogP contribution in [0, 0.1) is 0 Å². The molecule has 0 saturated carbocycles. The smallest absolute Gasteiger partial charge is 0.131 e. The first-order chi connectivity index (χ1) is 25.0. The van der Waals surface area contributed by atoms with E-state index in [1.807, 2.05) is 6.07 Å². The number of hydrogen-bond acceptors (Lipinski definition) is 1. The standard InChI is InChI=1S/C50H34O/c1-49(2)42-22-9-10-24-46(42)51-47-26-25-34(30-45(47)49)31-15-11-16-35(27-31)36-19-12-23-43-48(36)38-18-6-8-21-41(38)50(43)40-20-7-5-17-37(40)39-28-32-13-3-4-14-33(32)29-44(39)50/h3-30H,1-2H3. The van der Waals surface area contributed by atoms with Gasteiger partial charge in [0.15, 0.2) is 0 Å². The lowest BCUT2D eigenvalue weighted by atomic mass is 9.70. The fraction of sp³-hybridized carbons (Fsp3) is 0.0800. The van der Waals surface area contributed by atoms with Crippen molar-refractivity contribution < 1.29 is 4.74 Å². The van der Waals surface area contributed by atoms with Gasteiger partial charge in [0.2, 0.25) is 0 Å². The maximum absolute atomic E-state index is 6.40. The highest BCUT2D eigenvalue weighted by molar-refractivity contribution is 6.02. The van der Waals surface area contributed by atoms with Gasteiger partial charge in [0.1, 0.15) is 11.5 Å². The molecule has 1 unspecified atom stereocenters. The maximum Gasteiger partial charge on any atom is 0.131 e. The summed E-state index contributed by atoms with van der Waals surface area (Å²) in [6, 6.07) is 63.0. The lowest BCUT2D eigenvalue weighted by molar-refractivity contribution is 0.418. The molecule has 1 heteroatoms. The number of para-hydroxylation sites is 1. The third kappa shape index (κ3) is 3.76. The van der Waals surface area contributed by atoms with Gasteiger partial charge in [0, 0.05) is 16.5 Å². The Morgan fingerprint density at radius 3 is 1.78 bits per heavy atom. The second kappa shape index (κ2) is 10.2. The van der Waals surface area contributed by atoms with E-state index in [-0.39, 0.29) is 5.41 Å². The molecule has 0 fully saturated rings. The van der Waals surface area contributed by atoms with Crippen molar-refractivity contribution in [2.45, 2.75) is 24.7 Å². The van der Waals surface area contributed by atoms with Crippen LogP contribution in [0.1, 0.15) is 47.2 Å². The molecule has 1 spiro atoms. The summed E-state index contributed by atoms with van der Waals surface area (Å²) in [5.41, 5.74) is 17.5. The summed E-state index contributed by atoms with van der Waals surface area (Å²) in [5, 5.41) is 2.56. The van der Waals surface area contributed by atoms with Gasteiger partial charge in [-0.2, -0.15) is 0 Å². The molecule has 1 nitrogen and oxygen atoms in total. The summed E-state index contributed by atoms with van der Waals surface area (Å²) >= 11 is 0. The summed E-state index contributed by atoms with van der Waals surface area (Å²) in [6.45, 7) is 4.60. The monoisotopic (exact) mass is 650 g/mol. The fourth-order valence-corrected chi connectivity index (χ4v) is 9.60. The van der Waals surface area contributed by atoms with Crippen molar-refractivity contribution in [3.63, 3.8) is 0 Å². The fourth-order valence-electron chi connectivity index (χ4n) is 9.60.